The minimum atomic E-state index is -0.952. The molecule has 1 atom stereocenters. The molecule has 2 N–H and O–H groups in total. The highest BCUT2D eigenvalue weighted by atomic mass is 16.4. The van der Waals surface area contributed by atoms with Gasteiger partial charge in [-0.1, -0.05) is 30.3 Å². The number of carboxylic acids is 2. The Morgan fingerprint density at radius 3 is 2.37 bits per heavy atom. The Kier molecular flexibility index (Phi) is 4.16. The molecule has 0 bridgehead atoms. The lowest BCUT2D eigenvalue weighted by Crippen LogP contribution is -2.53. The molecule has 0 aromatic heterocycles. The van der Waals surface area contributed by atoms with E-state index in [4.69, 9.17) is 10.2 Å². The van der Waals surface area contributed by atoms with Gasteiger partial charge in [0.25, 0.3) is 0 Å². The lowest BCUT2D eigenvalue weighted by molar-refractivity contribution is -0.146. The Balaban J connectivity index is 1.89. The van der Waals surface area contributed by atoms with Crippen molar-refractivity contribution in [1.82, 2.24) is 4.90 Å². The van der Waals surface area contributed by atoms with E-state index < -0.39 is 18.0 Å². The zero-order valence-corrected chi connectivity index (χ0v) is 10.5. The third kappa shape index (κ3) is 3.32. The molecule has 1 aliphatic rings. The molecular weight excluding hydrogens is 246 g/mol. The number of rotatable bonds is 6. The first-order chi connectivity index (χ1) is 9.08. The van der Waals surface area contributed by atoms with E-state index in [9.17, 15) is 9.59 Å². The lowest BCUT2D eigenvalue weighted by Gasteiger charge is -2.43. The predicted molar refractivity (Wildman–Crippen MR) is 69.0 cm³/mol. The quantitative estimate of drug-likeness (QED) is 0.811. The molecule has 1 aliphatic heterocycles. The van der Waals surface area contributed by atoms with Crippen LogP contribution in [0.25, 0.3) is 0 Å². The molecule has 0 saturated carbocycles. The van der Waals surface area contributed by atoms with Gasteiger partial charge in [-0.25, -0.2) is 0 Å². The number of hydrogen-bond donors (Lipinski definition) is 2. The molecule has 0 spiro atoms. The Hall–Kier alpha value is -1.88. The van der Waals surface area contributed by atoms with E-state index >= 15 is 0 Å². The highest BCUT2D eigenvalue weighted by Gasteiger charge is 2.36. The highest BCUT2D eigenvalue weighted by molar-refractivity contribution is 5.75. The molecule has 102 valence electrons. The Morgan fingerprint density at radius 2 is 1.84 bits per heavy atom. The Bertz CT molecular complexity index is 454. The highest BCUT2D eigenvalue weighted by Crippen LogP contribution is 2.29. The minimum Gasteiger partial charge on any atom is -0.481 e. The van der Waals surface area contributed by atoms with E-state index in [2.05, 4.69) is 0 Å². The number of nitrogens with zero attached hydrogens (tertiary/aromatic N) is 1. The third-order valence-corrected chi connectivity index (χ3v) is 3.54. The van der Waals surface area contributed by atoms with Gasteiger partial charge in [-0.15, -0.1) is 0 Å². The monoisotopic (exact) mass is 263 g/mol. The fourth-order valence-electron chi connectivity index (χ4n) is 2.43. The van der Waals surface area contributed by atoms with Gasteiger partial charge in [0.1, 0.15) is 6.04 Å². The summed E-state index contributed by atoms with van der Waals surface area (Å²) < 4.78 is 0. The molecule has 1 unspecified atom stereocenters. The Labute approximate surface area is 111 Å². The van der Waals surface area contributed by atoms with Gasteiger partial charge in [-0.2, -0.15) is 0 Å². The van der Waals surface area contributed by atoms with Crippen LogP contribution in [0.1, 0.15) is 24.3 Å². The summed E-state index contributed by atoms with van der Waals surface area (Å²) >= 11 is 0. The number of aliphatic carboxylic acids is 2. The van der Waals surface area contributed by atoms with Crippen LogP contribution in [0.4, 0.5) is 0 Å². The smallest absolute Gasteiger partial charge is 0.320 e. The molecule has 2 rings (SSSR count). The molecule has 1 saturated heterocycles. The van der Waals surface area contributed by atoms with E-state index in [0.29, 0.717) is 19.0 Å². The van der Waals surface area contributed by atoms with Crippen molar-refractivity contribution in [2.75, 3.05) is 13.1 Å². The average Bonchev–Trinajstić information content (AvgIpc) is 2.32. The van der Waals surface area contributed by atoms with E-state index in [1.807, 2.05) is 35.2 Å². The summed E-state index contributed by atoms with van der Waals surface area (Å²) in [6.07, 6.45) is 0.0512. The van der Waals surface area contributed by atoms with E-state index in [1.165, 1.54) is 5.56 Å². The molecule has 1 aromatic carbocycles. The molecule has 5 heteroatoms. The lowest BCUT2D eigenvalue weighted by atomic mass is 9.89. The van der Waals surface area contributed by atoms with Crippen LogP contribution < -0.4 is 0 Å². The number of hydrogen-bond acceptors (Lipinski definition) is 3. The molecule has 19 heavy (non-hydrogen) atoms. The molecule has 0 radical (unpaired) electrons. The summed E-state index contributed by atoms with van der Waals surface area (Å²) in [5, 5.41) is 17.8. The van der Waals surface area contributed by atoms with Crippen LogP contribution >= 0.6 is 0 Å². The maximum absolute atomic E-state index is 11.2. The second kappa shape index (κ2) is 5.84. The fourth-order valence-corrected chi connectivity index (χ4v) is 2.43. The van der Waals surface area contributed by atoms with Gasteiger partial charge in [-0.05, 0) is 12.0 Å². The summed E-state index contributed by atoms with van der Waals surface area (Å²) in [6.45, 7) is 1.36. The van der Waals surface area contributed by atoms with Crippen LogP contribution in [-0.4, -0.2) is 46.2 Å². The number of likely N-dealkylation sites (tertiary alicyclic amines) is 1. The van der Waals surface area contributed by atoms with Crippen molar-refractivity contribution < 1.29 is 19.8 Å². The molecule has 1 aromatic rings. The summed E-state index contributed by atoms with van der Waals surface area (Å²) in [5.74, 6) is -1.54. The first-order valence-electron chi connectivity index (χ1n) is 6.31. The SMILES string of the molecule is O=C(O)CCC(C(=O)O)N1CC(c2ccccc2)C1. The number of carbonyl (C=O) groups is 2. The molecule has 5 nitrogen and oxygen atoms in total. The van der Waals surface area contributed by atoms with Gasteiger partial charge in [0, 0.05) is 25.4 Å². The standard InChI is InChI=1S/C14H17NO4/c16-13(17)7-6-12(14(18)19)15-8-11(9-15)10-4-2-1-3-5-10/h1-5,11-12H,6-9H2,(H,16,17)(H,18,19). The van der Waals surface area contributed by atoms with Crippen molar-refractivity contribution >= 4 is 11.9 Å². The van der Waals surface area contributed by atoms with Gasteiger partial charge < -0.3 is 10.2 Å². The molecule has 0 aliphatic carbocycles. The molecule has 1 heterocycles. The summed E-state index contributed by atoms with van der Waals surface area (Å²) in [7, 11) is 0. The maximum atomic E-state index is 11.2. The van der Waals surface area contributed by atoms with Gasteiger partial charge in [0.2, 0.25) is 0 Å². The van der Waals surface area contributed by atoms with Crippen molar-refractivity contribution in [2.24, 2.45) is 0 Å². The van der Waals surface area contributed by atoms with Gasteiger partial charge in [-0.3, -0.25) is 14.5 Å². The van der Waals surface area contributed by atoms with E-state index in [1.54, 1.807) is 0 Å². The van der Waals surface area contributed by atoms with Crippen LogP contribution in [0.15, 0.2) is 30.3 Å². The topological polar surface area (TPSA) is 77.8 Å². The maximum Gasteiger partial charge on any atom is 0.320 e. The first-order valence-corrected chi connectivity index (χ1v) is 6.31. The molecule has 0 amide bonds. The molecular formula is C14H17NO4. The summed E-state index contributed by atoms with van der Waals surface area (Å²) in [5.41, 5.74) is 1.21. The second-order valence-electron chi connectivity index (χ2n) is 4.85. The second-order valence-corrected chi connectivity index (χ2v) is 4.85. The zero-order valence-electron chi connectivity index (χ0n) is 10.5. The van der Waals surface area contributed by atoms with Crippen molar-refractivity contribution in [1.29, 1.82) is 0 Å². The minimum absolute atomic E-state index is 0.108. The largest absolute Gasteiger partial charge is 0.481 e. The van der Waals surface area contributed by atoms with Crippen molar-refractivity contribution in [3.05, 3.63) is 35.9 Å². The van der Waals surface area contributed by atoms with Crippen LogP contribution in [0.3, 0.4) is 0 Å². The van der Waals surface area contributed by atoms with E-state index in [0.717, 1.165) is 0 Å². The van der Waals surface area contributed by atoms with Crippen LogP contribution in [0, 0.1) is 0 Å². The van der Waals surface area contributed by atoms with Crippen molar-refractivity contribution in [3.63, 3.8) is 0 Å². The van der Waals surface area contributed by atoms with Crippen molar-refractivity contribution in [2.45, 2.75) is 24.8 Å². The van der Waals surface area contributed by atoms with Crippen LogP contribution in [-0.2, 0) is 9.59 Å². The van der Waals surface area contributed by atoms with Gasteiger partial charge in [0.05, 0.1) is 0 Å². The van der Waals surface area contributed by atoms with Gasteiger partial charge in [0.15, 0.2) is 0 Å². The van der Waals surface area contributed by atoms with E-state index in [-0.39, 0.29) is 12.8 Å². The third-order valence-electron chi connectivity index (χ3n) is 3.54. The van der Waals surface area contributed by atoms with Crippen LogP contribution in [0.5, 0.6) is 0 Å². The van der Waals surface area contributed by atoms with Crippen LogP contribution in [0.2, 0.25) is 0 Å². The summed E-state index contributed by atoms with van der Waals surface area (Å²) in [4.78, 5) is 23.5. The zero-order chi connectivity index (χ0) is 13.8. The fraction of sp³-hybridized carbons (Fsp3) is 0.429. The predicted octanol–water partition coefficient (Wildman–Crippen LogP) is 1.40. The normalized spacial score (nSPS) is 17.7. The molecule has 1 fully saturated rings. The number of carboxylic acid groups (broad SMARTS) is 2. The van der Waals surface area contributed by atoms with Crippen molar-refractivity contribution in [3.8, 4) is 0 Å². The summed E-state index contributed by atoms with van der Waals surface area (Å²) in [6, 6.07) is 9.28. The Morgan fingerprint density at radius 1 is 1.21 bits per heavy atom. The first kappa shape index (κ1) is 13.5. The average molecular weight is 263 g/mol. The number of benzene rings is 1. The van der Waals surface area contributed by atoms with Gasteiger partial charge >= 0.3 is 11.9 Å².